The molecule has 0 fully saturated rings. The molecule has 1 aromatic carbocycles. The first-order chi connectivity index (χ1) is 11.6. The van der Waals surface area contributed by atoms with Crippen molar-refractivity contribution in [2.75, 3.05) is 24.6 Å². The van der Waals surface area contributed by atoms with Crippen molar-refractivity contribution in [2.24, 2.45) is 0 Å². The summed E-state index contributed by atoms with van der Waals surface area (Å²) < 4.78 is 51.4. The summed E-state index contributed by atoms with van der Waals surface area (Å²) in [6, 6.07) is 5.90. The van der Waals surface area contributed by atoms with E-state index in [1.165, 1.54) is 45.3 Å². The Labute approximate surface area is 146 Å². The SMILES string of the molecule is CCS(=O)(=O)Nc1cccc(C(=O)c2cn(S(=O)(=O)N(C)C)cn2)c1. The molecule has 136 valence electrons. The molecule has 0 saturated heterocycles. The van der Waals surface area contributed by atoms with Crippen LogP contribution >= 0.6 is 0 Å². The lowest BCUT2D eigenvalue weighted by molar-refractivity contribution is 0.103. The van der Waals surface area contributed by atoms with Crippen molar-refractivity contribution in [1.82, 2.24) is 13.3 Å². The van der Waals surface area contributed by atoms with Crippen molar-refractivity contribution in [1.29, 1.82) is 0 Å². The molecule has 0 aliphatic heterocycles. The number of hydrogen-bond donors (Lipinski definition) is 1. The number of aromatic nitrogens is 2. The lowest BCUT2D eigenvalue weighted by Crippen LogP contribution is -2.27. The number of nitrogens with zero attached hydrogens (tertiary/aromatic N) is 3. The van der Waals surface area contributed by atoms with Crippen molar-refractivity contribution in [3.63, 3.8) is 0 Å². The number of carbonyl (C=O) groups is 1. The molecule has 25 heavy (non-hydrogen) atoms. The molecule has 0 aliphatic carbocycles. The van der Waals surface area contributed by atoms with Crippen molar-refractivity contribution < 1.29 is 21.6 Å². The third-order valence-electron chi connectivity index (χ3n) is 3.30. The number of sulfonamides is 1. The van der Waals surface area contributed by atoms with E-state index in [0.29, 0.717) is 0 Å². The van der Waals surface area contributed by atoms with Crippen LogP contribution in [0.25, 0.3) is 0 Å². The van der Waals surface area contributed by atoms with Crippen molar-refractivity contribution in [3.05, 3.63) is 48.0 Å². The summed E-state index contributed by atoms with van der Waals surface area (Å²) in [5.74, 6) is -0.622. The fraction of sp³-hybridized carbons (Fsp3) is 0.286. The molecule has 2 rings (SSSR count). The maximum Gasteiger partial charge on any atom is 0.308 e. The summed E-state index contributed by atoms with van der Waals surface area (Å²) in [6.45, 7) is 1.50. The summed E-state index contributed by atoms with van der Waals surface area (Å²) in [7, 11) is -4.51. The molecule has 0 radical (unpaired) electrons. The number of benzene rings is 1. The fourth-order valence-corrected chi connectivity index (χ4v) is 3.27. The van der Waals surface area contributed by atoms with Crippen LogP contribution in [0.2, 0.25) is 0 Å². The Morgan fingerprint density at radius 3 is 2.52 bits per heavy atom. The van der Waals surface area contributed by atoms with Gasteiger partial charge in [0.2, 0.25) is 15.8 Å². The highest BCUT2D eigenvalue weighted by molar-refractivity contribution is 7.92. The molecule has 0 bridgehead atoms. The second-order valence-electron chi connectivity index (χ2n) is 5.29. The van der Waals surface area contributed by atoms with E-state index in [1.54, 1.807) is 0 Å². The fourth-order valence-electron chi connectivity index (χ4n) is 1.86. The van der Waals surface area contributed by atoms with Crippen LogP contribution in [-0.2, 0) is 20.2 Å². The molecule has 0 unspecified atom stereocenters. The van der Waals surface area contributed by atoms with Gasteiger partial charge in [0.1, 0.15) is 12.0 Å². The van der Waals surface area contributed by atoms with Crippen molar-refractivity contribution in [2.45, 2.75) is 6.92 Å². The lowest BCUT2D eigenvalue weighted by atomic mass is 10.1. The first-order valence-corrected chi connectivity index (χ1v) is 10.2. The van der Waals surface area contributed by atoms with E-state index >= 15 is 0 Å². The Bertz CT molecular complexity index is 994. The van der Waals surface area contributed by atoms with Gasteiger partial charge in [0, 0.05) is 25.3 Å². The first-order valence-electron chi connectivity index (χ1n) is 7.19. The third kappa shape index (κ3) is 4.24. The highest BCUT2D eigenvalue weighted by atomic mass is 32.2. The van der Waals surface area contributed by atoms with E-state index < -0.39 is 26.0 Å². The molecule has 1 N–H and O–H groups in total. The maximum atomic E-state index is 12.5. The van der Waals surface area contributed by atoms with Crippen LogP contribution < -0.4 is 4.72 Å². The smallest absolute Gasteiger partial charge is 0.287 e. The van der Waals surface area contributed by atoms with Gasteiger partial charge >= 0.3 is 10.2 Å². The molecule has 9 nitrogen and oxygen atoms in total. The number of carbonyl (C=O) groups excluding carboxylic acids is 1. The van der Waals surface area contributed by atoms with E-state index in [4.69, 9.17) is 0 Å². The quantitative estimate of drug-likeness (QED) is 0.694. The molecule has 11 heteroatoms. The van der Waals surface area contributed by atoms with Crippen LogP contribution in [0.15, 0.2) is 36.8 Å². The van der Waals surface area contributed by atoms with Gasteiger partial charge in [0.05, 0.1) is 11.9 Å². The van der Waals surface area contributed by atoms with E-state index in [2.05, 4.69) is 9.71 Å². The number of rotatable bonds is 7. The summed E-state index contributed by atoms with van der Waals surface area (Å²) >= 11 is 0. The molecule has 2 aromatic rings. The van der Waals surface area contributed by atoms with Gasteiger partial charge in [-0.1, -0.05) is 12.1 Å². The monoisotopic (exact) mass is 386 g/mol. The normalized spacial score (nSPS) is 12.3. The highest BCUT2D eigenvalue weighted by Gasteiger charge is 2.20. The minimum absolute atomic E-state index is 0.0686. The summed E-state index contributed by atoms with van der Waals surface area (Å²) in [5, 5.41) is 0. The first kappa shape index (κ1) is 19.1. The van der Waals surface area contributed by atoms with Gasteiger partial charge in [-0.2, -0.15) is 12.7 Å². The largest absolute Gasteiger partial charge is 0.308 e. The van der Waals surface area contributed by atoms with Crippen LogP contribution in [0.5, 0.6) is 0 Å². The van der Waals surface area contributed by atoms with Gasteiger partial charge in [-0.15, -0.1) is 0 Å². The Kier molecular flexibility index (Phi) is 5.30. The standard InChI is InChI=1S/C14H18N4O5S2/c1-4-24(20,21)16-12-7-5-6-11(8-12)14(19)13-9-18(10-15-13)25(22,23)17(2)3/h5-10,16H,4H2,1-3H3. The van der Waals surface area contributed by atoms with E-state index in [9.17, 15) is 21.6 Å². The second kappa shape index (κ2) is 6.94. The van der Waals surface area contributed by atoms with Gasteiger partial charge in [0.25, 0.3) is 0 Å². The Morgan fingerprint density at radius 1 is 1.24 bits per heavy atom. The van der Waals surface area contributed by atoms with Crippen LogP contribution in [-0.4, -0.2) is 55.7 Å². The molecular formula is C14H18N4O5S2. The zero-order chi connectivity index (χ0) is 18.8. The summed E-state index contributed by atoms with van der Waals surface area (Å²) in [4.78, 5) is 16.3. The van der Waals surface area contributed by atoms with Crippen LogP contribution in [0.4, 0.5) is 5.69 Å². The number of imidazole rings is 1. The minimum atomic E-state index is -3.76. The molecule has 0 aliphatic rings. The molecule has 0 spiro atoms. The van der Waals surface area contributed by atoms with Crippen molar-refractivity contribution in [3.8, 4) is 0 Å². The van der Waals surface area contributed by atoms with Gasteiger partial charge in [0.15, 0.2) is 0 Å². The van der Waals surface area contributed by atoms with E-state index in [1.807, 2.05) is 0 Å². The average molecular weight is 386 g/mol. The van der Waals surface area contributed by atoms with E-state index in [0.717, 1.165) is 20.8 Å². The third-order valence-corrected chi connectivity index (χ3v) is 6.26. The predicted molar refractivity (Wildman–Crippen MR) is 93.2 cm³/mol. The van der Waals surface area contributed by atoms with Gasteiger partial charge in [-0.3, -0.25) is 9.52 Å². The molecule has 0 amide bonds. The molecule has 1 aromatic heterocycles. The molecular weight excluding hydrogens is 368 g/mol. The second-order valence-corrected chi connectivity index (χ2v) is 9.35. The summed E-state index contributed by atoms with van der Waals surface area (Å²) in [6.07, 6.45) is 2.15. The lowest BCUT2D eigenvalue weighted by Gasteiger charge is -2.10. The summed E-state index contributed by atoms with van der Waals surface area (Å²) in [5.41, 5.74) is 0.359. The zero-order valence-electron chi connectivity index (χ0n) is 13.9. The van der Waals surface area contributed by atoms with Gasteiger partial charge in [-0.25, -0.2) is 17.4 Å². The molecule has 0 saturated carbocycles. The highest BCUT2D eigenvalue weighted by Crippen LogP contribution is 2.16. The molecule has 0 atom stereocenters. The Morgan fingerprint density at radius 2 is 1.92 bits per heavy atom. The zero-order valence-corrected chi connectivity index (χ0v) is 15.5. The van der Waals surface area contributed by atoms with Crippen LogP contribution in [0.3, 0.4) is 0 Å². The maximum absolute atomic E-state index is 12.5. The van der Waals surface area contributed by atoms with E-state index in [-0.39, 0.29) is 22.7 Å². The minimum Gasteiger partial charge on any atom is -0.287 e. The Balaban J connectivity index is 2.32. The van der Waals surface area contributed by atoms with Crippen LogP contribution in [0, 0.1) is 0 Å². The van der Waals surface area contributed by atoms with Gasteiger partial charge < -0.3 is 0 Å². The Hall–Kier alpha value is -2.24. The number of hydrogen-bond acceptors (Lipinski definition) is 6. The van der Waals surface area contributed by atoms with Crippen LogP contribution in [0.1, 0.15) is 23.0 Å². The topological polar surface area (TPSA) is 118 Å². The molecule has 1 heterocycles. The van der Waals surface area contributed by atoms with Gasteiger partial charge in [-0.05, 0) is 19.1 Å². The number of anilines is 1. The average Bonchev–Trinajstić information content (AvgIpc) is 3.04. The number of nitrogens with one attached hydrogen (secondary N) is 1. The predicted octanol–water partition coefficient (Wildman–Crippen LogP) is 0.530. The van der Waals surface area contributed by atoms with Crippen molar-refractivity contribution >= 4 is 31.7 Å². The number of ketones is 1.